The molecule has 2 aromatic rings. The first-order valence-corrected chi connectivity index (χ1v) is 9.56. The zero-order valence-electron chi connectivity index (χ0n) is 15.6. The van der Waals surface area contributed by atoms with Crippen molar-refractivity contribution in [2.24, 2.45) is 4.99 Å². The number of aromatic nitrogens is 1. The third-order valence-electron chi connectivity index (χ3n) is 3.68. The number of rotatable bonds is 7. The molecule has 0 aliphatic rings. The zero-order valence-corrected chi connectivity index (χ0v) is 16.4. The Bertz CT molecular complexity index is 802. The number of thiazole rings is 1. The van der Waals surface area contributed by atoms with Gasteiger partial charge in [0.25, 0.3) is 5.91 Å². The van der Waals surface area contributed by atoms with E-state index in [0.29, 0.717) is 42.6 Å². The highest BCUT2D eigenvalue weighted by atomic mass is 32.1. The lowest BCUT2D eigenvalue weighted by molar-refractivity contribution is -0.140. The van der Waals surface area contributed by atoms with E-state index in [9.17, 15) is 18.0 Å². The molecule has 152 valence electrons. The van der Waals surface area contributed by atoms with Gasteiger partial charge in [-0.05, 0) is 24.6 Å². The average molecular weight is 413 g/mol. The van der Waals surface area contributed by atoms with E-state index in [0.717, 1.165) is 22.3 Å². The molecule has 0 radical (unpaired) electrons. The second kappa shape index (κ2) is 10.1. The Morgan fingerprint density at radius 2 is 1.93 bits per heavy atom. The number of nitrogens with zero attached hydrogens (tertiary/aromatic N) is 2. The number of hydrogen-bond donors (Lipinski definition) is 3. The van der Waals surface area contributed by atoms with Crippen LogP contribution in [-0.4, -0.2) is 37.0 Å². The van der Waals surface area contributed by atoms with Crippen molar-refractivity contribution in [3.63, 3.8) is 0 Å². The highest BCUT2D eigenvalue weighted by Gasteiger charge is 2.33. The van der Waals surface area contributed by atoms with Gasteiger partial charge in [0.05, 0.1) is 11.6 Å². The lowest BCUT2D eigenvalue weighted by atomic mass is 10.1. The van der Waals surface area contributed by atoms with E-state index in [-0.39, 0.29) is 5.91 Å². The minimum atomic E-state index is -4.41. The zero-order chi connectivity index (χ0) is 20.6. The Kier molecular flexibility index (Phi) is 7.80. The van der Waals surface area contributed by atoms with Crippen LogP contribution in [0, 0.1) is 0 Å². The number of guanidine groups is 1. The second-order valence-electron chi connectivity index (χ2n) is 5.77. The van der Waals surface area contributed by atoms with Crippen LogP contribution < -0.4 is 16.0 Å². The van der Waals surface area contributed by atoms with Gasteiger partial charge in [0.15, 0.2) is 11.7 Å². The van der Waals surface area contributed by atoms with Crippen LogP contribution >= 0.6 is 11.3 Å². The minimum absolute atomic E-state index is 0.152. The highest BCUT2D eigenvalue weighted by Crippen LogP contribution is 2.29. The molecule has 6 nitrogen and oxygen atoms in total. The molecule has 0 saturated carbocycles. The van der Waals surface area contributed by atoms with E-state index in [1.54, 1.807) is 19.2 Å². The van der Waals surface area contributed by atoms with Gasteiger partial charge >= 0.3 is 6.18 Å². The van der Waals surface area contributed by atoms with Crippen LogP contribution in [0.2, 0.25) is 0 Å². The summed E-state index contributed by atoms with van der Waals surface area (Å²) in [5.41, 5.74) is 0.648. The predicted octanol–water partition coefficient (Wildman–Crippen LogP) is 2.82. The van der Waals surface area contributed by atoms with Crippen molar-refractivity contribution < 1.29 is 18.0 Å². The molecule has 1 aromatic heterocycles. The number of benzene rings is 1. The second-order valence-corrected chi connectivity index (χ2v) is 6.71. The average Bonchev–Trinajstić information content (AvgIpc) is 3.15. The number of alkyl halides is 3. The fourth-order valence-electron chi connectivity index (χ4n) is 2.26. The molecule has 1 heterocycles. The van der Waals surface area contributed by atoms with Crippen LogP contribution in [0.3, 0.4) is 0 Å². The Hall–Kier alpha value is -2.62. The van der Waals surface area contributed by atoms with Crippen LogP contribution in [-0.2, 0) is 19.1 Å². The van der Waals surface area contributed by atoms with Crippen molar-refractivity contribution in [1.82, 2.24) is 20.9 Å². The number of hydrogen-bond acceptors (Lipinski definition) is 4. The quantitative estimate of drug-likeness (QED) is 0.482. The fraction of sp³-hybridized carbons (Fsp3) is 0.389. The summed E-state index contributed by atoms with van der Waals surface area (Å²) in [5, 5.41) is 10.2. The number of nitrogens with one attached hydrogen (secondary N) is 3. The lowest BCUT2D eigenvalue weighted by Gasteiger charge is -2.10. The monoisotopic (exact) mass is 413 g/mol. The van der Waals surface area contributed by atoms with Crippen molar-refractivity contribution >= 4 is 23.2 Å². The Labute approximate surface area is 165 Å². The largest absolute Gasteiger partial charge is 0.434 e. The molecule has 0 saturated heterocycles. The summed E-state index contributed by atoms with van der Waals surface area (Å²) in [6.45, 7) is 3.38. The molecule has 28 heavy (non-hydrogen) atoms. The molecular formula is C18H22F3N5OS. The van der Waals surface area contributed by atoms with Gasteiger partial charge in [-0.2, -0.15) is 13.2 Å². The summed E-state index contributed by atoms with van der Waals surface area (Å²) < 4.78 is 37.7. The first kappa shape index (κ1) is 21.7. The van der Waals surface area contributed by atoms with Crippen LogP contribution in [0.5, 0.6) is 0 Å². The molecule has 1 aromatic carbocycles. The fourth-order valence-corrected chi connectivity index (χ4v) is 3.07. The van der Waals surface area contributed by atoms with E-state index >= 15 is 0 Å². The normalized spacial score (nSPS) is 12.0. The predicted molar refractivity (Wildman–Crippen MR) is 103 cm³/mol. The third-order valence-corrected chi connectivity index (χ3v) is 4.59. The molecule has 3 N–H and O–H groups in total. The van der Waals surface area contributed by atoms with Crippen LogP contribution in [0.1, 0.15) is 33.5 Å². The van der Waals surface area contributed by atoms with Gasteiger partial charge in [-0.1, -0.05) is 12.1 Å². The van der Waals surface area contributed by atoms with E-state index in [4.69, 9.17) is 0 Å². The van der Waals surface area contributed by atoms with Crippen molar-refractivity contribution in [1.29, 1.82) is 0 Å². The Morgan fingerprint density at radius 3 is 2.50 bits per heavy atom. The minimum Gasteiger partial charge on any atom is -0.357 e. The number of amides is 1. The van der Waals surface area contributed by atoms with Gasteiger partial charge in [0.1, 0.15) is 0 Å². The van der Waals surface area contributed by atoms with Gasteiger partial charge in [-0.3, -0.25) is 4.79 Å². The lowest BCUT2D eigenvalue weighted by Crippen LogP contribution is -2.38. The van der Waals surface area contributed by atoms with E-state index in [1.165, 1.54) is 0 Å². The van der Waals surface area contributed by atoms with Crippen LogP contribution in [0.15, 0.2) is 34.6 Å². The van der Waals surface area contributed by atoms with Gasteiger partial charge in [-0.15, -0.1) is 11.3 Å². The van der Waals surface area contributed by atoms with Crippen LogP contribution in [0.4, 0.5) is 13.2 Å². The number of carbonyl (C=O) groups excluding carboxylic acids is 1. The molecule has 0 unspecified atom stereocenters. The maximum absolute atomic E-state index is 12.6. The molecule has 0 aliphatic heterocycles. The summed E-state index contributed by atoms with van der Waals surface area (Å²) in [6.07, 6.45) is -4.04. The molecule has 1 amide bonds. The van der Waals surface area contributed by atoms with Gasteiger partial charge in [0, 0.05) is 37.5 Å². The Morgan fingerprint density at radius 1 is 1.21 bits per heavy atom. The number of halogens is 3. The topological polar surface area (TPSA) is 78.4 Å². The summed E-state index contributed by atoms with van der Waals surface area (Å²) in [5.74, 6) is 0.409. The number of carbonyl (C=O) groups is 1. The first-order chi connectivity index (χ1) is 13.3. The van der Waals surface area contributed by atoms with Gasteiger partial charge in [-0.25, -0.2) is 9.98 Å². The van der Waals surface area contributed by atoms with Crippen molar-refractivity contribution in [2.75, 3.05) is 20.1 Å². The maximum Gasteiger partial charge on any atom is 0.434 e. The van der Waals surface area contributed by atoms with Crippen molar-refractivity contribution in [3.8, 4) is 0 Å². The van der Waals surface area contributed by atoms with Gasteiger partial charge in [0.2, 0.25) is 0 Å². The van der Waals surface area contributed by atoms with E-state index < -0.39 is 11.9 Å². The first-order valence-electron chi connectivity index (χ1n) is 8.68. The molecule has 0 aliphatic carbocycles. The summed E-state index contributed by atoms with van der Waals surface area (Å²) >= 11 is 0.993. The summed E-state index contributed by atoms with van der Waals surface area (Å²) in [7, 11) is 1.57. The molecule has 0 fully saturated rings. The number of aliphatic imine (C=N–C) groups is 1. The van der Waals surface area contributed by atoms with E-state index in [1.807, 2.05) is 19.1 Å². The summed E-state index contributed by atoms with van der Waals surface area (Å²) in [4.78, 5) is 19.6. The SMILES string of the molecule is CCNC(=NCc1ccc(C(=O)NC)cc1)NCCc1nc(C(F)(F)F)cs1. The maximum atomic E-state index is 12.6. The highest BCUT2D eigenvalue weighted by molar-refractivity contribution is 7.09. The molecule has 0 bridgehead atoms. The molecular weight excluding hydrogens is 391 g/mol. The van der Waals surface area contributed by atoms with Crippen molar-refractivity contribution in [2.45, 2.75) is 26.1 Å². The van der Waals surface area contributed by atoms with E-state index in [2.05, 4.69) is 25.9 Å². The molecule has 0 atom stereocenters. The molecule has 10 heteroatoms. The smallest absolute Gasteiger partial charge is 0.357 e. The van der Waals surface area contributed by atoms with Crippen LogP contribution in [0.25, 0.3) is 0 Å². The summed E-state index contributed by atoms with van der Waals surface area (Å²) in [6, 6.07) is 7.10. The van der Waals surface area contributed by atoms with Crippen molar-refractivity contribution in [3.05, 3.63) is 51.5 Å². The van der Waals surface area contributed by atoms with Gasteiger partial charge < -0.3 is 16.0 Å². The molecule has 2 rings (SSSR count). The standard InChI is InChI=1S/C18H22F3N5OS/c1-3-23-17(24-9-8-15-26-14(11-28-15)18(19,20)21)25-10-12-4-6-13(7-5-12)16(27)22-2/h4-7,11H,3,8-10H2,1-2H3,(H,22,27)(H2,23,24,25). The molecule has 0 spiro atoms. The third kappa shape index (κ3) is 6.52. The Balaban J connectivity index is 1.89.